The third kappa shape index (κ3) is 3.35. The maximum Gasteiger partial charge on any atom is 0.254 e. The Balaban J connectivity index is 1.38. The Kier molecular flexibility index (Phi) is 5.70. The van der Waals surface area contributed by atoms with Crippen LogP contribution in [0, 0.1) is 23.7 Å². The van der Waals surface area contributed by atoms with E-state index in [2.05, 4.69) is 19.2 Å². The van der Waals surface area contributed by atoms with Gasteiger partial charge in [0, 0.05) is 10.9 Å². The molecule has 0 unspecified atom stereocenters. The van der Waals surface area contributed by atoms with E-state index in [1.54, 1.807) is 11.3 Å². The van der Waals surface area contributed by atoms with Gasteiger partial charge in [-0.25, -0.2) is 4.90 Å². The SMILES string of the molecule is CC(C)=C1[C@H]2CC[C@@H]1[C@H]1C(=O)N(c3sc4c(c3C(=O)NC3CCCCC3)CCCCC4)C(=O)[C@@H]12. The van der Waals surface area contributed by atoms with E-state index in [4.69, 9.17) is 0 Å². The van der Waals surface area contributed by atoms with Gasteiger partial charge in [-0.1, -0.05) is 36.8 Å². The lowest BCUT2D eigenvalue weighted by Gasteiger charge is -2.24. The van der Waals surface area contributed by atoms with Crippen molar-refractivity contribution in [2.75, 3.05) is 4.90 Å². The van der Waals surface area contributed by atoms with Gasteiger partial charge in [0.25, 0.3) is 5.91 Å². The van der Waals surface area contributed by atoms with Crippen LogP contribution >= 0.6 is 11.3 Å². The maximum atomic E-state index is 13.9. The maximum absolute atomic E-state index is 13.9. The quantitative estimate of drug-likeness (QED) is 0.350. The molecule has 4 fully saturated rings. The van der Waals surface area contributed by atoms with Gasteiger partial charge in [0.15, 0.2) is 0 Å². The Labute approximate surface area is 206 Å². The van der Waals surface area contributed by atoms with Crippen LogP contribution in [0.3, 0.4) is 0 Å². The number of aryl methyl sites for hydroxylation is 1. The average molecular weight is 481 g/mol. The van der Waals surface area contributed by atoms with E-state index in [-0.39, 0.29) is 47.4 Å². The molecule has 5 aliphatic rings. The summed E-state index contributed by atoms with van der Waals surface area (Å²) in [5.74, 6) is -0.211. The lowest BCUT2D eigenvalue weighted by molar-refractivity contribution is -0.122. The second-order valence-electron chi connectivity index (χ2n) is 11.4. The van der Waals surface area contributed by atoms with Crippen molar-refractivity contribution >= 4 is 34.1 Å². The lowest BCUT2D eigenvalue weighted by Crippen LogP contribution is -2.38. The highest BCUT2D eigenvalue weighted by molar-refractivity contribution is 7.17. The van der Waals surface area contributed by atoms with Crippen molar-refractivity contribution < 1.29 is 14.4 Å². The monoisotopic (exact) mass is 480 g/mol. The number of carbonyl (C=O) groups excluding carboxylic acids is 3. The molecular weight excluding hydrogens is 444 g/mol. The molecule has 0 spiro atoms. The van der Waals surface area contributed by atoms with Crippen molar-refractivity contribution in [3.05, 3.63) is 27.2 Å². The topological polar surface area (TPSA) is 66.5 Å². The molecule has 0 radical (unpaired) electrons. The fraction of sp³-hybridized carbons (Fsp3) is 0.679. The average Bonchev–Trinajstić information content (AvgIpc) is 3.50. The number of nitrogens with zero attached hydrogens (tertiary/aromatic N) is 1. The molecule has 0 aromatic carbocycles. The van der Waals surface area contributed by atoms with Crippen molar-refractivity contribution in [2.24, 2.45) is 23.7 Å². The molecule has 4 aliphatic carbocycles. The summed E-state index contributed by atoms with van der Waals surface area (Å²) in [6, 6.07) is 0.204. The molecule has 4 atom stereocenters. The van der Waals surface area contributed by atoms with Gasteiger partial charge in [-0.2, -0.15) is 0 Å². The molecule has 5 nitrogen and oxygen atoms in total. The smallest absolute Gasteiger partial charge is 0.254 e. The molecule has 1 N–H and O–H groups in total. The van der Waals surface area contributed by atoms with E-state index in [9.17, 15) is 14.4 Å². The number of fused-ring (bicyclic) bond motifs is 6. The number of amides is 3. The highest BCUT2D eigenvalue weighted by Gasteiger charge is 2.64. The first-order chi connectivity index (χ1) is 16.5. The lowest BCUT2D eigenvalue weighted by atomic mass is 9.81. The highest BCUT2D eigenvalue weighted by Crippen LogP contribution is 2.61. The van der Waals surface area contributed by atoms with Crippen LogP contribution in [0.2, 0.25) is 0 Å². The van der Waals surface area contributed by atoms with Gasteiger partial charge >= 0.3 is 0 Å². The van der Waals surface area contributed by atoms with Crippen molar-refractivity contribution in [1.82, 2.24) is 5.32 Å². The number of hydrogen-bond donors (Lipinski definition) is 1. The van der Waals surface area contributed by atoms with Crippen LogP contribution in [0.5, 0.6) is 0 Å². The van der Waals surface area contributed by atoms with E-state index >= 15 is 0 Å². The zero-order valence-corrected chi connectivity index (χ0v) is 21.3. The number of imide groups is 1. The van der Waals surface area contributed by atoms with Crippen molar-refractivity contribution in [3.8, 4) is 0 Å². The van der Waals surface area contributed by atoms with Crippen molar-refractivity contribution in [1.29, 1.82) is 0 Å². The number of nitrogens with one attached hydrogen (secondary N) is 1. The van der Waals surface area contributed by atoms with Gasteiger partial charge in [0.05, 0.1) is 17.4 Å². The number of allylic oxidation sites excluding steroid dienone is 2. The summed E-state index contributed by atoms with van der Waals surface area (Å²) < 4.78 is 0. The van der Waals surface area contributed by atoms with Gasteiger partial charge in [-0.15, -0.1) is 11.3 Å². The van der Waals surface area contributed by atoms with Crippen LogP contribution < -0.4 is 10.2 Å². The molecule has 1 aromatic rings. The number of carbonyl (C=O) groups is 3. The molecule has 6 heteroatoms. The molecule has 182 valence electrons. The normalized spacial score (nSPS) is 31.0. The summed E-state index contributed by atoms with van der Waals surface area (Å²) in [4.78, 5) is 44.1. The summed E-state index contributed by atoms with van der Waals surface area (Å²) in [6.07, 6.45) is 12.8. The Bertz CT molecular complexity index is 1040. The van der Waals surface area contributed by atoms with E-state index in [1.807, 2.05) is 0 Å². The minimum Gasteiger partial charge on any atom is -0.349 e. The third-order valence-electron chi connectivity index (χ3n) is 9.20. The predicted molar refractivity (Wildman–Crippen MR) is 134 cm³/mol. The van der Waals surface area contributed by atoms with Crippen LogP contribution in [0.15, 0.2) is 11.1 Å². The zero-order chi connectivity index (χ0) is 23.6. The molecule has 2 heterocycles. The standard InChI is InChI=1S/C28H36N2O3S/c1-15(2)21-18-13-14-19(21)23-22(18)26(32)30(27(23)33)28-24(17-11-7-4-8-12-20(17)34-28)25(31)29-16-9-5-3-6-10-16/h16,18-19,22-23H,3-14H2,1-2H3,(H,29,31)/t18-,19+,22-,23-/m1/s1. The molecule has 2 bridgehead atoms. The Hall–Kier alpha value is -1.95. The second kappa shape index (κ2) is 8.61. The number of hydrogen-bond acceptors (Lipinski definition) is 4. The van der Waals surface area contributed by atoms with Gasteiger partial charge < -0.3 is 5.32 Å². The Morgan fingerprint density at radius 3 is 2.12 bits per heavy atom. The minimum atomic E-state index is -0.229. The molecule has 1 aromatic heterocycles. The summed E-state index contributed by atoms with van der Waals surface area (Å²) in [7, 11) is 0. The molecular formula is C28H36N2O3S. The van der Waals surface area contributed by atoms with E-state index in [0.717, 1.165) is 69.8 Å². The van der Waals surface area contributed by atoms with E-state index < -0.39 is 0 Å². The molecule has 3 amide bonds. The summed E-state index contributed by atoms with van der Waals surface area (Å²) >= 11 is 1.55. The Morgan fingerprint density at radius 2 is 1.47 bits per heavy atom. The van der Waals surface area contributed by atoms with Crippen LogP contribution in [-0.4, -0.2) is 23.8 Å². The third-order valence-corrected chi connectivity index (χ3v) is 10.5. The largest absolute Gasteiger partial charge is 0.349 e. The molecule has 1 aliphatic heterocycles. The highest BCUT2D eigenvalue weighted by atomic mass is 32.1. The van der Waals surface area contributed by atoms with Crippen LogP contribution in [0.25, 0.3) is 0 Å². The fourth-order valence-corrected chi connectivity index (χ4v) is 9.21. The minimum absolute atomic E-state index is 0.0518. The summed E-state index contributed by atoms with van der Waals surface area (Å²) in [6.45, 7) is 4.25. The van der Waals surface area contributed by atoms with Crippen LogP contribution in [0.4, 0.5) is 5.00 Å². The van der Waals surface area contributed by atoms with Crippen molar-refractivity contribution in [3.63, 3.8) is 0 Å². The van der Waals surface area contributed by atoms with E-state index in [1.165, 1.54) is 33.8 Å². The number of rotatable bonds is 3. The fourth-order valence-electron chi connectivity index (χ4n) is 7.82. The first-order valence-electron chi connectivity index (χ1n) is 13.5. The van der Waals surface area contributed by atoms with Crippen LogP contribution in [-0.2, 0) is 22.4 Å². The van der Waals surface area contributed by atoms with Gasteiger partial charge in [-0.05, 0) is 82.6 Å². The number of anilines is 1. The van der Waals surface area contributed by atoms with Gasteiger partial charge in [0.1, 0.15) is 5.00 Å². The molecule has 1 saturated heterocycles. The number of thiophene rings is 1. The summed E-state index contributed by atoms with van der Waals surface area (Å²) in [5.41, 5.74) is 4.40. The molecule has 3 saturated carbocycles. The second-order valence-corrected chi connectivity index (χ2v) is 12.4. The van der Waals surface area contributed by atoms with E-state index in [0.29, 0.717) is 10.6 Å². The van der Waals surface area contributed by atoms with Crippen molar-refractivity contribution in [2.45, 2.75) is 96.9 Å². The van der Waals surface area contributed by atoms with Gasteiger partial charge in [-0.3, -0.25) is 14.4 Å². The zero-order valence-electron chi connectivity index (χ0n) is 20.5. The van der Waals surface area contributed by atoms with Gasteiger partial charge in [0.2, 0.25) is 11.8 Å². The first kappa shape index (κ1) is 22.5. The Morgan fingerprint density at radius 1 is 0.853 bits per heavy atom. The molecule has 34 heavy (non-hydrogen) atoms. The molecule has 6 rings (SSSR count). The summed E-state index contributed by atoms with van der Waals surface area (Å²) in [5, 5.41) is 3.93. The predicted octanol–water partition coefficient (Wildman–Crippen LogP) is 5.56. The first-order valence-corrected chi connectivity index (χ1v) is 14.3. The van der Waals surface area contributed by atoms with Crippen LogP contribution in [0.1, 0.15) is 98.9 Å².